The Balaban J connectivity index is 1.32. The van der Waals surface area contributed by atoms with Crippen molar-refractivity contribution in [3.8, 4) is 0 Å². The summed E-state index contributed by atoms with van der Waals surface area (Å²) >= 11 is 0. The molecule has 2 fully saturated rings. The van der Waals surface area contributed by atoms with E-state index >= 15 is 0 Å². The predicted octanol–water partition coefficient (Wildman–Crippen LogP) is -0.515. The van der Waals surface area contributed by atoms with E-state index in [1.165, 1.54) is 0 Å². The quantitative estimate of drug-likeness (QED) is 0.759. The van der Waals surface area contributed by atoms with Crippen LogP contribution in [0.1, 0.15) is 5.76 Å². The first-order valence-electron chi connectivity index (χ1n) is 7.27. The molecule has 6 heteroatoms. The number of hydrogen-bond donors (Lipinski definition) is 2. The number of furan rings is 1. The van der Waals surface area contributed by atoms with Crippen molar-refractivity contribution in [2.24, 2.45) is 0 Å². The van der Waals surface area contributed by atoms with E-state index in [0.29, 0.717) is 19.1 Å². The molecular weight excluding hydrogens is 256 g/mol. The van der Waals surface area contributed by atoms with E-state index < -0.39 is 0 Å². The minimum atomic E-state index is 0.0696. The van der Waals surface area contributed by atoms with Crippen LogP contribution in [0.2, 0.25) is 0 Å². The van der Waals surface area contributed by atoms with Crippen LogP contribution in [0.4, 0.5) is 0 Å². The van der Waals surface area contributed by atoms with E-state index in [1.807, 2.05) is 12.1 Å². The van der Waals surface area contributed by atoms with Crippen molar-refractivity contribution < 1.29 is 9.21 Å². The summed E-state index contributed by atoms with van der Waals surface area (Å²) in [5.41, 5.74) is 0. The molecule has 1 aromatic heterocycles. The second kappa shape index (κ2) is 6.39. The van der Waals surface area contributed by atoms with E-state index in [-0.39, 0.29) is 5.91 Å². The summed E-state index contributed by atoms with van der Waals surface area (Å²) in [4.78, 5) is 16.5. The van der Waals surface area contributed by atoms with Gasteiger partial charge in [-0.3, -0.25) is 14.6 Å². The molecule has 0 aromatic carbocycles. The van der Waals surface area contributed by atoms with E-state index in [2.05, 4.69) is 20.4 Å². The summed E-state index contributed by atoms with van der Waals surface area (Å²) in [7, 11) is 0. The standard InChI is InChI=1S/C14H22N4O2/c19-14(16-8-13-2-1-7-20-13)11-17-9-12(10-17)18-5-3-15-4-6-18/h1-2,7,12,15H,3-6,8-11H2,(H,16,19). The van der Waals surface area contributed by atoms with Gasteiger partial charge < -0.3 is 15.1 Å². The maximum Gasteiger partial charge on any atom is 0.234 e. The van der Waals surface area contributed by atoms with Crippen molar-refractivity contribution in [2.75, 3.05) is 45.8 Å². The second-order valence-electron chi connectivity index (χ2n) is 5.49. The number of likely N-dealkylation sites (tertiary alicyclic amines) is 1. The number of carbonyl (C=O) groups excluding carboxylic acids is 1. The normalized spacial score (nSPS) is 21.6. The van der Waals surface area contributed by atoms with Crippen molar-refractivity contribution in [3.05, 3.63) is 24.2 Å². The fourth-order valence-electron chi connectivity index (χ4n) is 2.81. The molecule has 20 heavy (non-hydrogen) atoms. The predicted molar refractivity (Wildman–Crippen MR) is 75.2 cm³/mol. The van der Waals surface area contributed by atoms with Crippen LogP contribution in [-0.2, 0) is 11.3 Å². The monoisotopic (exact) mass is 278 g/mol. The van der Waals surface area contributed by atoms with Crippen LogP contribution in [0.5, 0.6) is 0 Å². The van der Waals surface area contributed by atoms with Gasteiger partial charge in [0.25, 0.3) is 0 Å². The van der Waals surface area contributed by atoms with Crippen LogP contribution < -0.4 is 10.6 Å². The molecule has 2 saturated heterocycles. The van der Waals surface area contributed by atoms with Crippen LogP contribution in [0.25, 0.3) is 0 Å². The third-order valence-electron chi connectivity index (χ3n) is 4.01. The van der Waals surface area contributed by atoms with E-state index in [1.54, 1.807) is 6.26 Å². The fourth-order valence-corrected chi connectivity index (χ4v) is 2.81. The Morgan fingerprint density at radius 2 is 2.20 bits per heavy atom. The van der Waals surface area contributed by atoms with Crippen molar-refractivity contribution >= 4 is 5.91 Å². The number of rotatable bonds is 5. The van der Waals surface area contributed by atoms with Crippen molar-refractivity contribution in [3.63, 3.8) is 0 Å². The van der Waals surface area contributed by atoms with E-state index in [4.69, 9.17) is 4.42 Å². The first-order valence-corrected chi connectivity index (χ1v) is 7.27. The van der Waals surface area contributed by atoms with Crippen LogP contribution >= 0.6 is 0 Å². The van der Waals surface area contributed by atoms with Crippen molar-refractivity contribution in [1.29, 1.82) is 0 Å². The molecule has 0 saturated carbocycles. The highest BCUT2D eigenvalue weighted by molar-refractivity contribution is 5.78. The maximum atomic E-state index is 11.8. The van der Waals surface area contributed by atoms with E-state index in [9.17, 15) is 4.79 Å². The third-order valence-corrected chi connectivity index (χ3v) is 4.01. The average Bonchev–Trinajstić information content (AvgIpc) is 2.94. The summed E-state index contributed by atoms with van der Waals surface area (Å²) in [5, 5.41) is 6.24. The lowest BCUT2D eigenvalue weighted by atomic mass is 10.1. The number of nitrogens with zero attached hydrogens (tertiary/aromatic N) is 2. The largest absolute Gasteiger partial charge is 0.467 e. The molecule has 3 rings (SSSR count). The molecule has 0 atom stereocenters. The van der Waals surface area contributed by atoms with Gasteiger partial charge >= 0.3 is 0 Å². The highest BCUT2D eigenvalue weighted by atomic mass is 16.3. The molecule has 2 aliphatic heterocycles. The molecule has 2 aliphatic rings. The van der Waals surface area contributed by atoms with Gasteiger partial charge in [0, 0.05) is 45.3 Å². The van der Waals surface area contributed by atoms with Gasteiger partial charge in [-0.15, -0.1) is 0 Å². The van der Waals surface area contributed by atoms with E-state index in [0.717, 1.165) is 45.0 Å². The summed E-state index contributed by atoms with van der Waals surface area (Å²) in [6.07, 6.45) is 1.62. The van der Waals surface area contributed by atoms with Crippen LogP contribution in [0, 0.1) is 0 Å². The first kappa shape index (κ1) is 13.6. The van der Waals surface area contributed by atoms with Gasteiger partial charge in [0.05, 0.1) is 19.4 Å². The molecule has 1 amide bonds. The molecule has 2 N–H and O–H groups in total. The summed E-state index contributed by atoms with van der Waals surface area (Å²) in [6.45, 7) is 7.40. The smallest absolute Gasteiger partial charge is 0.234 e. The van der Waals surface area contributed by atoms with Gasteiger partial charge in [0.2, 0.25) is 5.91 Å². The van der Waals surface area contributed by atoms with Crippen LogP contribution in [-0.4, -0.2) is 67.6 Å². The minimum absolute atomic E-state index is 0.0696. The lowest BCUT2D eigenvalue weighted by Gasteiger charge is -2.46. The van der Waals surface area contributed by atoms with Gasteiger partial charge in [-0.2, -0.15) is 0 Å². The highest BCUT2D eigenvalue weighted by Gasteiger charge is 2.32. The minimum Gasteiger partial charge on any atom is -0.467 e. The molecule has 1 aromatic rings. The molecule has 0 spiro atoms. The van der Waals surface area contributed by atoms with Gasteiger partial charge in [0.15, 0.2) is 0 Å². The average molecular weight is 278 g/mol. The Morgan fingerprint density at radius 1 is 1.40 bits per heavy atom. The van der Waals surface area contributed by atoms with Crippen molar-refractivity contribution in [1.82, 2.24) is 20.4 Å². The topological polar surface area (TPSA) is 60.8 Å². The number of amides is 1. The number of nitrogens with one attached hydrogen (secondary N) is 2. The highest BCUT2D eigenvalue weighted by Crippen LogP contribution is 2.14. The lowest BCUT2D eigenvalue weighted by Crippen LogP contribution is -2.63. The molecule has 0 unspecified atom stereocenters. The molecule has 0 radical (unpaired) electrons. The number of piperazine rings is 1. The van der Waals surface area contributed by atoms with Gasteiger partial charge in [-0.1, -0.05) is 0 Å². The SMILES string of the molecule is O=C(CN1CC(N2CCNCC2)C1)NCc1ccco1. The zero-order valence-electron chi connectivity index (χ0n) is 11.7. The maximum absolute atomic E-state index is 11.8. The molecule has 0 aliphatic carbocycles. The van der Waals surface area contributed by atoms with Crippen LogP contribution in [0.3, 0.4) is 0 Å². The Kier molecular flexibility index (Phi) is 4.34. The molecule has 3 heterocycles. The Bertz CT molecular complexity index is 422. The summed E-state index contributed by atoms with van der Waals surface area (Å²) in [5.74, 6) is 0.862. The lowest BCUT2D eigenvalue weighted by molar-refractivity contribution is -0.124. The third kappa shape index (κ3) is 3.39. The molecular formula is C14H22N4O2. The second-order valence-corrected chi connectivity index (χ2v) is 5.49. The van der Waals surface area contributed by atoms with Gasteiger partial charge in [0.1, 0.15) is 5.76 Å². The molecule has 0 bridgehead atoms. The number of hydrogen-bond acceptors (Lipinski definition) is 5. The fraction of sp³-hybridized carbons (Fsp3) is 0.643. The zero-order valence-corrected chi connectivity index (χ0v) is 11.7. The van der Waals surface area contributed by atoms with Crippen LogP contribution in [0.15, 0.2) is 22.8 Å². The van der Waals surface area contributed by atoms with Gasteiger partial charge in [-0.25, -0.2) is 0 Å². The Labute approximate surface area is 119 Å². The zero-order chi connectivity index (χ0) is 13.8. The molecule has 6 nitrogen and oxygen atoms in total. The van der Waals surface area contributed by atoms with Gasteiger partial charge in [-0.05, 0) is 12.1 Å². The summed E-state index contributed by atoms with van der Waals surface area (Å²) in [6, 6.07) is 4.33. The molecule has 110 valence electrons. The Hall–Kier alpha value is -1.37. The Morgan fingerprint density at radius 3 is 2.90 bits per heavy atom. The first-order chi connectivity index (χ1) is 9.81. The summed E-state index contributed by atoms with van der Waals surface area (Å²) < 4.78 is 5.18. The number of carbonyl (C=O) groups is 1. The van der Waals surface area contributed by atoms with Crippen molar-refractivity contribution in [2.45, 2.75) is 12.6 Å².